The number of hydrogen-bond acceptors (Lipinski definition) is 4. The van der Waals surface area contributed by atoms with E-state index in [4.69, 9.17) is 4.74 Å². The number of nitrogens with one attached hydrogen (secondary N) is 1. The van der Waals surface area contributed by atoms with Crippen molar-refractivity contribution < 1.29 is 4.74 Å². The molecule has 1 aromatic carbocycles. The molecule has 4 heteroatoms. The Kier molecular flexibility index (Phi) is 3.69. The summed E-state index contributed by atoms with van der Waals surface area (Å²) < 4.78 is 7.27. The van der Waals surface area contributed by atoms with Crippen LogP contribution in [0.2, 0.25) is 0 Å². The summed E-state index contributed by atoms with van der Waals surface area (Å²) in [5.74, 6) is 0.780. The number of hydrogen-bond donors (Lipinski definition) is 1. The van der Waals surface area contributed by atoms with Gasteiger partial charge in [-0.15, -0.1) is 11.3 Å². The molecule has 1 aliphatic heterocycles. The van der Waals surface area contributed by atoms with E-state index >= 15 is 0 Å². The zero-order valence-electron chi connectivity index (χ0n) is 12.3. The maximum atomic E-state index is 6.00. The Bertz CT molecular complexity index is 620. The molecule has 1 aromatic heterocycles. The summed E-state index contributed by atoms with van der Waals surface area (Å²) in [7, 11) is 0. The van der Waals surface area contributed by atoms with E-state index in [9.17, 15) is 0 Å². The van der Waals surface area contributed by atoms with E-state index in [1.54, 1.807) is 11.3 Å². The highest BCUT2D eigenvalue weighted by Gasteiger charge is 2.42. The molecule has 0 amide bonds. The van der Waals surface area contributed by atoms with E-state index in [1.807, 2.05) is 5.51 Å². The summed E-state index contributed by atoms with van der Waals surface area (Å²) in [6.07, 6.45) is 6.38. The molecule has 2 fully saturated rings. The highest BCUT2D eigenvalue weighted by Crippen LogP contribution is 2.44. The van der Waals surface area contributed by atoms with Crippen molar-refractivity contribution in [2.45, 2.75) is 44.2 Å². The minimum atomic E-state index is 0.268. The zero-order chi connectivity index (χ0) is 14.1. The van der Waals surface area contributed by atoms with Crippen LogP contribution in [0.25, 0.3) is 10.2 Å². The maximum absolute atomic E-state index is 6.00. The van der Waals surface area contributed by atoms with E-state index in [0.29, 0.717) is 0 Å². The Morgan fingerprint density at radius 1 is 1.38 bits per heavy atom. The normalized spacial score (nSPS) is 24.3. The summed E-state index contributed by atoms with van der Waals surface area (Å²) >= 11 is 1.71. The lowest BCUT2D eigenvalue weighted by Crippen LogP contribution is -2.47. The fourth-order valence-electron chi connectivity index (χ4n) is 3.66. The van der Waals surface area contributed by atoms with Crippen molar-refractivity contribution >= 4 is 21.6 Å². The lowest BCUT2D eigenvalue weighted by molar-refractivity contribution is -0.142. The van der Waals surface area contributed by atoms with Crippen LogP contribution in [0.4, 0.5) is 0 Å². The fraction of sp³-hybridized carbons (Fsp3) is 0.588. The Labute approximate surface area is 129 Å². The average Bonchev–Trinajstić information content (AvgIpc) is 2.93. The van der Waals surface area contributed by atoms with Gasteiger partial charge in [0.15, 0.2) is 0 Å². The molecule has 1 aliphatic carbocycles. The van der Waals surface area contributed by atoms with Crippen molar-refractivity contribution in [2.24, 2.45) is 5.92 Å². The topological polar surface area (TPSA) is 34.2 Å². The molecule has 1 unspecified atom stereocenters. The van der Waals surface area contributed by atoms with Gasteiger partial charge in [0.1, 0.15) is 0 Å². The average molecular weight is 302 g/mol. The summed E-state index contributed by atoms with van der Waals surface area (Å²) in [4.78, 5) is 4.39. The fourth-order valence-corrected chi connectivity index (χ4v) is 4.32. The SMILES string of the molecule is c1nc2cc(CNCC3CCOC4(CCC4)C3)ccc2s1. The molecule has 2 aliphatic rings. The maximum Gasteiger partial charge on any atom is 0.0815 e. The molecule has 21 heavy (non-hydrogen) atoms. The number of aromatic nitrogens is 1. The summed E-state index contributed by atoms with van der Waals surface area (Å²) in [6.45, 7) is 3.01. The Morgan fingerprint density at radius 2 is 2.33 bits per heavy atom. The third-order valence-electron chi connectivity index (χ3n) is 5.02. The molecule has 3 nitrogen and oxygen atoms in total. The predicted molar refractivity (Wildman–Crippen MR) is 86.6 cm³/mol. The summed E-state index contributed by atoms with van der Waals surface area (Å²) in [5, 5.41) is 3.63. The second-order valence-electron chi connectivity index (χ2n) is 6.53. The molecule has 1 N–H and O–H groups in total. The van der Waals surface area contributed by atoms with Crippen molar-refractivity contribution in [3.05, 3.63) is 29.3 Å². The second-order valence-corrected chi connectivity index (χ2v) is 7.42. The van der Waals surface area contributed by atoms with E-state index in [1.165, 1.54) is 42.4 Å². The highest BCUT2D eigenvalue weighted by atomic mass is 32.1. The van der Waals surface area contributed by atoms with Gasteiger partial charge in [-0.3, -0.25) is 0 Å². The van der Waals surface area contributed by atoms with Crippen molar-refractivity contribution in [2.75, 3.05) is 13.2 Å². The minimum Gasteiger partial charge on any atom is -0.375 e. The standard InChI is InChI=1S/C17H22N2OS/c1-5-17(6-1)9-14(4-7-20-17)11-18-10-13-2-3-16-15(8-13)19-12-21-16/h2-3,8,12,14,18H,1,4-7,9-11H2. The van der Waals surface area contributed by atoms with Gasteiger partial charge in [0.05, 0.1) is 21.3 Å². The van der Waals surface area contributed by atoms with Crippen LogP contribution in [0.1, 0.15) is 37.7 Å². The number of rotatable bonds is 4. The van der Waals surface area contributed by atoms with Crippen LogP contribution in [-0.4, -0.2) is 23.7 Å². The van der Waals surface area contributed by atoms with Gasteiger partial charge in [0.25, 0.3) is 0 Å². The zero-order valence-corrected chi connectivity index (χ0v) is 13.1. The Morgan fingerprint density at radius 3 is 3.19 bits per heavy atom. The number of nitrogens with zero attached hydrogens (tertiary/aromatic N) is 1. The van der Waals surface area contributed by atoms with Gasteiger partial charge >= 0.3 is 0 Å². The van der Waals surface area contributed by atoms with Gasteiger partial charge in [-0.05, 0) is 62.3 Å². The molecule has 2 heterocycles. The third kappa shape index (κ3) is 2.85. The molecule has 0 bridgehead atoms. The first-order valence-corrected chi connectivity index (χ1v) is 8.88. The predicted octanol–water partition coefficient (Wildman–Crippen LogP) is 3.74. The van der Waals surface area contributed by atoms with Gasteiger partial charge in [-0.25, -0.2) is 4.98 Å². The molecule has 1 spiro atoms. The van der Waals surface area contributed by atoms with Crippen molar-refractivity contribution in [3.8, 4) is 0 Å². The molecule has 4 rings (SSSR count). The molecular formula is C17H22N2OS. The van der Waals surface area contributed by atoms with Gasteiger partial charge in [0.2, 0.25) is 0 Å². The van der Waals surface area contributed by atoms with Gasteiger partial charge in [-0.2, -0.15) is 0 Å². The second kappa shape index (κ2) is 5.67. The first-order chi connectivity index (χ1) is 10.3. The molecule has 1 saturated carbocycles. The highest BCUT2D eigenvalue weighted by molar-refractivity contribution is 7.16. The smallest absolute Gasteiger partial charge is 0.0815 e. The number of ether oxygens (including phenoxy) is 1. The van der Waals surface area contributed by atoms with Crippen LogP contribution < -0.4 is 5.32 Å². The van der Waals surface area contributed by atoms with E-state index in [0.717, 1.165) is 31.1 Å². The van der Waals surface area contributed by atoms with Gasteiger partial charge < -0.3 is 10.1 Å². The van der Waals surface area contributed by atoms with E-state index in [2.05, 4.69) is 28.5 Å². The lowest BCUT2D eigenvalue weighted by atomic mass is 9.72. The van der Waals surface area contributed by atoms with Gasteiger partial charge in [0, 0.05) is 13.2 Å². The molecule has 1 atom stereocenters. The monoisotopic (exact) mass is 302 g/mol. The molecule has 0 radical (unpaired) electrons. The molecular weight excluding hydrogens is 280 g/mol. The largest absolute Gasteiger partial charge is 0.375 e. The molecule has 1 saturated heterocycles. The van der Waals surface area contributed by atoms with Crippen LogP contribution in [0.3, 0.4) is 0 Å². The summed E-state index contributed by atoms with van der Waals surface area (Å²) in [5.41, 5.74) is 4.64. The molecule has 112 valence electrons. The number of thiazole rings is 1. The lowest BCUT2D eigenvalue weighted by Gasteiger charge is -2.47. The number of fused-ring (bicyclic) bond motifs is 1. The van der Waals surface area contributed by atoms with Crippen LogP contribution in [0.5, 0.6) is 0 Å². The van der Waals surface area contributed by atoms with Crippen LogP contribution in [0, 0.1) is 5.92 Å². The van der Waals surface area contributed by atoms with Crippen molar-refractivity contribution in [1.29, 1.82) is 0 Å². The quantitative estimate of drug-likeness (QED) is 0.934. The van der Waals surface area contributed by atoms with Crippen molar-refractivity contribution in [3.63, 3.8) is 0 Å². The van der Waals surface area contributed by atoms with E-state index < -0.39 is 0 Å². The van der Waals surface area contributed by atoms with Crippen LogP contribution in [-0.2, 0) is 11.3 Å². The van der Waals surface area contributed by atoms with Crippen LogP contribution in [0.15, 0.2) is 23.7 Å². The number of benzene rings is 1. The third-order valence-corrected chi connectivity index (χ3v) is 5.83. The Hall–Kier alpha value is -0.970. The minimum absolute atomic E-state index is 0.268. The van der Waals surface area contributed by atoms with E-state index in [-0.39, 0.29) is 5.60 Å². The summed E-state index contributed by atoms with van der Waals surface area (Å²) in [6, 6.07) is 6.60. The van der Waals surface area contributed by atoms with Crippen LogP contribution >= 0.6 is 11.3 Å². The first kappa shape index (κ1) is 13.7. The first-order valence-electron chi connectivity index (χ1n) is 8.00. The Balaban J connectivity index is 1.30. The van der Waals surface area contributed by atoms with Crippen molar-refractivity contribution in [1.82, 2.24) is 10.3 Å². The molecule has 2 aromatic rings. The van der Waals surface area contributed by atoms with Gasteiger partial charge in [-0.1, -0.05) is 6.07 Å².